The summed E-state index contributed by atoms with van der Waals surface area (Å²) in [5, 5.41) is 23.3. The van der Waals surface area contributed by atoms with Gasteiger partial charge in [0.15, 0.2) is 11.5 Å². The van der Waals surface area contributed by atoms with Gasteiger partial charge in [-0.05, 0) is 54.2 Å². The van der Waals surface area contributed by atoms with Gasteiger partial charge in [0.25, 0.3) is 0 Å². The predicted molar refractivity (Wildman–Crippen MR) is 84.3 cm³/mol. The van der Waals surface area contributed by atoms with E-state index in [-0.39, 0.29) is 11.5 Å². The Labute approximate surface area is 128 Å². The Hall–Kier alpha value is -1.52. The highest BCUT2D eigenvalue weighted by molar-refractivity contribution is 7.12. The number of rotatable bonds is 1. The molecule has 2 atom stereocenters. The Morgan fingerprint density at radius 3 is 2.81 bits per heavy atom. The smallest absolute Gasteiger partial charge is 0.157 e. The van der Waals surface area contributed by atoms with Gasteiger partial charge in [-0.25, -0.2) is 0 Å². The number of hydrogen-bond acceptors (Lipinski definition) is 4. The van der Waals surface area contributed by atoms with E-state index in [0.717, 1.165) is 25.8 Å². The van der Waals surface area contributed by atoms with E-state index in [1.807, 2.05) is 11.3 Å². The van der Waals surface area contributed by atoms with Crippen LogP contribution in [0.25, 0.3) is 0 Å². The third kappa shape index (κ3) is 1.97. The van der Waals surface area contributed by atoms with Crippen LogP contribution in [0.3, 0.4) is 0 Å². The number of nitrogens with one attached hydrogen (secondary N) is 1. The summed E-state index contributed by atoms with van der Waals surface area (Å²) in [6, 6.07) is 6.29. The first kappa shape index (κ1) is 13.2. The van der Waals surface area contributed by atoms with Crippen LogP contribution in [0.1, 0.15) is 45.7 Å². The molecule has 2 aliphatic rings. The molecule has 21 heavy (non-hydrogen) atoms. The number of phenolic OH excluding ortho intramolecular Hbond substituents is 2. The number of hydrogen-bond donors (Lipinski definition) is 3. The quantitative estimate of drug-likeness (QED) is 0.709. The number of fused-ring (bicyclic) bond motifs is 5. The van der Waals surface area contributed by atoms with E-state index in [1.54, 1.807) is 12.1 Å². The van der Waals surface area contributed by atoms with Gasteiger partial charge < -0.3 is 15.5 Å². The molecule has 0 amide bonds. The van der Waals surface area contributed by atoms with E-state index >= 15 is 0 Å². The molecule has 0 saturated heterocycles. The molecular weight excluding hydrogens is 282 g/mol. The van der Waals surface area contributed by atoms with Gasteiger partial charge in [0.2, 0.25) is 0 Å². The molecule has 3 N–H and O–H groups in total. The normalized spacial score (nSPS) is 23.3. The minimum Gasteiger partial charge on any atom is -0.504 e. The molecule has 110 valence electrons. The van der Waals surface area contributed by atoms with Crippen molar-refractivity contribution in [2.75, 3.05) is 0 Å². The van der Waals surface area contributed by atoms with Crippen LogP contribution in [-0.4, -0.2) is 16.3 Å². The molecule has 0 radical (unpaired) electrons. The van der Waals surface area contributed by atoms with Crippen LogP contribution in [0.5, 0.6) is 11.5 Å². The highest BCUT2D eigenvalue weighted by Crippen LogP contribution is 2.46. The molecule has 1 aliphatic carbocycles. The second kappa shape index (κ2) is 4.75. The molecule has 0 fully saturated rings. The van der Waals surface area contributed by atoms with Crippen molar-refractivity contribution < 1.29 is 10.2 Å². The lowest BCUT2D eigenvalue weighted by Gasteiger charge is -2.38. The molecule has 4 heteroatoms. The van der Waals surface area contributed by atoms with Crippen molar-refractivity contribution in [3.63, 3.8) is 0 Å². The lowest BCUT2D eigenvalue weighted by atomic mass is 9.74. The van der Waals surface area contributed by atoms with Crippen LogP contribution in [0.15, 0.2) is 18.2 Å². The molecule has 1 aromatic heterocycles. The Morgan fingerprint density at radius 1 is 1.19 bits per heavy atom. The zero-order valence-electron chi connectivity index (χ0n) is 12.0. The summed E-state index contributed by atoms with van der Waals surface area (Å²) < 4.78 is 0. The third-order valence-corrected chi connectivity index (χ3v) is 6.09. The van der Waals surface area contributed by atoms with Gasteiger partial charge in [0.05, 0.1) is 0 Å². The van der Waals surface area contributed by atoms with Crippen molar-refractivity contribution in [3.8, 4) is 11.5 Å². The SMILES string of the molecule is CCc1cc2c(s1)CN[C@@H]1CCc3cc(O)c(O)cc3[C@@H]21. The summed E-state index contributed by atoms with van der Waals surface area (Å²) in [4.78, 5) is 2.85. The summed E-state index contributed by atoms with van der Waals surface area (Å²) in [5.41, 5.74) is 3.77. The summed E-state index contributed by atoms with van der Waals surface area (Å²) in [6.45, 7) is 3.15. The number of benzene rings is 1. The van der Waals surface area contributed by atoms with Crippen LogP contribution < -0.4 is 5.32 Å². The van der Waals surface area contributed by atoms with Gasteiger partial charge >= 0.3 is 0 Å². The molecule has 0 unspecified atom stereocenters. The minimum atomic E-state index is -0.00697. The zero-order valence-corrected chi connectivity index (χ0v) is 12.8. The average molecular weight is 301 g/mol. The van der Waals surface area contributed by atoms with Crippen molar-refractivity contribution in [1.29, 1.82) is 0 Å². The molecule has 2 heterocycles. The van der Waals surface area contributed by atoms with Crippen molar-refractivity contribution >= 4 is 11.3 Å². The first-order chi connectivity index (χ1) is 10.2. The molecule has 1 aliphatic heterocycles. The largest absolute Gasteiger partial charge is 0.504 e. The second-order valence-electron chi connectivity index (χ2n) is 5.99. The van der Waals surface area contributed by atoms with E-state index in [0.29, 0.717) is 12.0 Å². The third-order valence-electron chi connectivity index (χ3n) is 4.80. The molecule has 4 rings (SSSR count). The number of phenols is 2. The molecule has 0 spiro atoms. The van der Waals surface area contributed by atoms with Gasteiger partial charge in [0, 0.05) is 28.3 Å². The lowest BCUT2D eigenvalue weighted by Crippen LogP contribution is -2.41. The van der Waals surface area contributed by atoms with E-state index in [1.165, 1.54) is 26.4 Å². The Morgan fingerprint density at radius 2 is 2.00 bits per heavy atom. The monoisotopic (exact) mass is 301 g/mol. The highest BCUT2D eigenvalue weighted by Gasteiger charge is 2.36. The second-order valence-corrected chi connectivity index (χ2v) is 7.21. The molecule has 0 saturated carbocycles. The van der Waals surface area contributed by atoms with Crippen LogP contribution in [0.2, 0.25) is 0 Å². The summed E-state index contributed by atoms with van der Waals surface area (Å²) in [6.07, 6.45) is 3.11. The maximum Gasteiger partial charge on any atom is 0.157 e. The van der Waals surface area contributed by atoms with Crippen molar-refractivity contribution in [3.05, 3.63) is 44.6 Å². The van der Waals surface area contributed by atoms with Gasteiger partial charge in [-0.1, -0.05) is 6.92 Å². The Bertz CT molecular complexity index is 707. The molecule has 2 aromatic rings. The van der Waals surface area contributed by atoms with Crippen LogP contribution in [0, 0.1) is 0 Å². The first-order valence-electron chi connectivity index (χ1n) is 7.57. The number of thiophene rings is 1. The van der Waals surface area contributed by atoms with Crippen LogP contribution in [-0.2, 0) is 19.4 Å². The maximum atomic E-state index is 9.90. The van der Waals surface area contributed by atoms with Gasteiger partial charge in [0.1, 0.15) is 0 Å². The zero-order chi connectivity index (χ0) is 14.6. The summed E-state index contributed by atoms with van der Waals surface area (Å²) >= 11 is 1.90. The number of aromatic hydroxyl groups is 2. The van der Waals surface area contributed by atoms with Crippen molar-refractivity contribution in [2.45, 2.75) is 44.7 Å². The molecule has 3 nitrogen and oxygen atoms in total. The number of aryl methyl sites for hydroxylation is 2. The minimum absolute atomic E-state index is 0.00393. The highest BCUT2D eigenvalue weighted by atomic mass is 32.1. The Kier molecular flexibility index (Phi) is 2.98. The van der Waals surface area contributed by atoms with E-state index in [9.17, 15) is 10.2 Å². The van der Waals surface area contributed by atoms with Crippen LogP contribution >= 0.6 is 11.3 Å². The summed E-state index contributed by atoms with van der Waals surface area (Å²) in [5.74, 6) is 0.295. The fourth-order valence-corrected chi connectivity index (χ4v) is 4.85. The fourth-order valence-electron chi connectivity index (χ4n) is 3.74. The van der Waals surface area contributed by atoms with Gasteiger partial charge in [-0.3, -0.25) is 0 Å². The maximum absolute atomic E-state index is 9.90. The molecule has 1 aromatic carbocycles. The predicted octanol–water partition coefficient (Wildman–Crippen LogP) is 3.27. The van der Waals surface area contributed by atoms with Crippen molar-refractivity contribution in [1.82, 2.24) is 5.32 Å². The van der Waals surface area contributed by atoms with E-state index in [2.05, 4.69) is 18.3 Å². The Balaban J connectivity index is 1.88. The average Bonchev–Trinajstić information content (AvgIpc) is 2.91. The summed E-state index contributed by atoms with van der Waals surface area (Å²) in [7, 11) is 0. The molecular formula is C17H19NO2S. The van der Waals surface area contributed by atoms with E-state index < -0.39 is 0 Å². The molecule has 0 bridgehead atoms. The van der Waals surface area contributed by atoms with Crippen molar-refractivity contribution in [2.24, 2.45) is 0 Å². The fraction of sp³-hybridized carbons (Fsp3) is 0.412. The van der Waals surface area contributed by atoms with E-state index in [4.69, 9.17) is 0 Å². The first-order valence-corrected chi connectivity index (χ1v) is 8.38. The van der Waals surface area contributed by atoms with Gasteiger partial charge in [-0.2, -0.15) is 0 Å². The topological polar surface area (TPSA) is 52.5 Å². The van der Waals surface area contributed by atoms with Crippen LogP contribution in [0.4, 0.5) is 0 Å². The lowest BCUT2D eigenvalue weighted by molar-refractivity contribution is 0.382. The van der Waals surface area contributed by atoms with Gasteiger partial charge in [-0.15, -0.1) is 11.3 Å². The standard InChI is InChI=1S/C17H19NO2S/c1-2-10-6-12-16(21-10)8-18-13-4-3-9-5-14(19)15(20)7-11(9)17(12)13/h5-7,13,17-20H,2-4,8H2,1H3/t13-,17+/m1/s1.